The minimum absolute atomic E-state index is 0.133. The molecule has 2 N–H and O–H groups in total. The first-order chi connectivity index (χ1) is 9.04. The number of aromatic nitrogens is 1. The zero-order valence-corrected chi connectivity index (χ0v) is 11.4. The highest BCUT2D eigenvalue weighted by Crippen LogP contribution is 2.25. The second-order valence-corrected chi connectivity index (χ2v) is 5.34. The zero-order valence-electron chi connectivity index (χ0n) is 11.4. The van der Waals surface area contributed by atoms with Crippen molar-refractivity contribution in [2.75, 3.05) is 25.5 Å². The van der Waals surface area contributed by atoms with Crippen molar-refractivity contribution in [3.63, 3.8) is 0 Å². The Kier molecular flexibility index (Phi) is 4.55. The van der Waals surface area contributed by atoms with Crippen molar-refractivity contribution in [2.45, 2.75) is 32.3 Å². The second kappa shape index (κ2) is 6.16. The van der Waals surface area contributed by atoms with E-state index >= 15 is 0 Å². The van der Waals surface area contributed by atoms with Crippen molar-refractivity contribution in [1.82, 2.24) is 10.1 Å². The lowest BCUT2D eigenvalue weighted by molar-refractivity contribution is -0.117. The molecule has 6 heteroatoms. The van der Waals surface area contributed by atoms with Gasteiger partial charge < -0.3 is 9.63 Å². The van der Waals surface area contributed by atoms with E-state index in [0.717, 1.165) is 31.5 Å². The summed E-state index contributed by atoms with van der Waals surface area (Å²) in [6.07, 6.45) is 2.77. The van der Waals surface area contributed by atoms with E-state index < -0.39 is 0 Å². The Morgan fingerprint density at radius 2 is 2.42 bits per heavy atom. The van der Waals surface area contributed by atoms with Crippen molar-refractivity contribution in [2.24, 2.45) is 5.92 Å². The quantitative estimate of drug-likeness (QED) is 0.832. The van der Waals surface area contributed by atoms with E-state index in [4.69, 9.17) is 4.52 Å². The molecule has 0 aromatic carbocycles. The molecule has 0 bridgehead atoms. The topological polar surface area (TPSA) is 78.6 Å². The van der Waals surface area contributed by atoms with Gasteiger partial charge in [-0.05, 0) is 32.7 Å². The van der Waals surface area contributed by atoms with Crippen molar-refractivity contribution in [3.05, 3.63) is 11.8 Å². The van der Waals surface area contributed by atoms with Crippen LogP contribution >= 0.6 is 0 Å². The van der Waals surface area contributed by atoms with Gasteiger partial charge in [-0.25, -0.2) is 0 Å². The molecular weight excluding hydrogens is 246 g/mol. The number of aryl methyl sites for hydroxylation is 1. The van der Waals surface area contributed by atoms with Crippen LogP contribution in [0.2, 0.25) is 0 Å². The van der Waals surface area contributed by atoms with E-state index in [2.05, 4.69) is 10.5 Å². The molecule has 1 aromatic rings. The molecule has 1 heterocycles. The standard InChI is InChI=1S/C13H21N3O3/c1-9-6-13(19-15-9)14-12(18)8-16(2)7-10-4-3-5-11(10)17/h6,10-11,17H,3-5,7-8H2,1-2H3,(H,14,18). The van der Waals surface area contributed by atoms with Crippen molar-refractivity contribution < 1.29 is 14.4 Å². The summed E-state index contributed by atoms with van der Waals surface area (Å²) < 4.78 is 4.93. The minimum atomic E-state index is -0.220. The number of nitrogens with zero attached hydrogens (tertiary/aromatic N) is 2. The summed E-state index contributed by atoms with van der Waals surface area (Å²) in [5.41, 5.74) is 0.734. The maximum absolute atomic E-state index is 11.8. The summed E-state index contributed by atoms with van der Waals surface area (Å²) in [5.74, 6) is 0.522. The molecule has 2 unspecified atom stereocenters. The van der Waals surface area contributed by atoms with Gasteiger partial charge in [-0.15, -0.1) is 0 Å². The van der Waals surface area contributed by atoms with Gasteiger partial charge in [0.25, 0.3) is 0 Å². The maximum Gasteiger partial charge on any atom is 0.240 e. The fourth-order valence-electron chi connectivity index (χ4n) is 2.54. The third-order valence-corrected chi connectivity index (χ3v) is 3.47. The van der Waals surface area contributed by atoms with Gasteiger partial charge in [0.2, 0.25) is 11.8 Å². The van der Waals surface area contributed by atoms with Gasteiger partial charge in [0.1, 0.15) is 0 Å². The predicted octanol–water partition coefficient (Wildman–Crippen LogP) is 1.01. The highest BCUT2D eigenvalue weighted by Gasteiger charge is 2.26. The van der Waals surface area contributed by atoms with E-state index in [-0.39, 0.29) is 24.5 Å². The molecule has 2 atom stereocenters. The van der Waals surface area contributed by atoms with Gasteiger partial charge in [-0.1, -0.05) is 11.6 Å². The number of aliphatic hydroxyl groups excluding tert-OH is 1. The number of hydrogen-bond donors (Lipinski definition) is 2. The highest BCUT2D eigenvalue weighted by molar-refractivity contribution is 5.90. The number of amides is 1. The third kappa shape index (κ3) is 4.04. The van der Waals surface area contributed by atoms with Crippen LogP contribution in [0.5, 0.6) is 0 Å². The largest absolute Gasteiger partial charge is 0.393 e. The number of nitrogens with one attached hydrogen (secondary N) is 1. The molecule has 1 aliphatic rings. The first kappa shape index (κ1) is 14.0. The van der Waals surface area contributed by atoms with Gasteiger partial charge in [0.05, 0.1) is 18.3 Å². The summed E-state index contributed by atoms with van der Waals surface area (Å²) in [5, 5.41) is 16.1. The van der Waals surface area contributed by atoms with Crippen LogP contribution in [0.25, 0.3) is 0 Å². The van der Waals surface area contributed by atoms with Gasteiger partial charge >= 0.3 is 0 Å². The van der Waals surface area contributed by atoms with Crippen molar-refractivity contribution >= 4 is 11.8 Å². The molecular formula is C13H21N3O3. The molecule has 1 saturated carbocycles. The number of carbonyl (C=O) groups excluding carboxylic acids is 1. The van der Waals surface area contributed by atoms with Gasteiger partial charge in [-0.2, -0.15) is 0 Å². The van der Waals surface area contributed by atoms with Gasteiger partial charge in [-0.3, -0.25) is 15.0 Å². The molecule has 106 valence electrons. The van der Waals surface area contributed by atoms with Crippen LogP contribution in [-0.2, 0) is 4.79 Å². The highest BCUT2D eigenvalue weighted by atomic mass is 16.5. The molecule has 0 spiro atoms. The SMILES string of the molecule is Cc1cc(NC(=O)CN(C)CC2CCCC2O)on1. The molecule has 1 aliphatic carbocycles. The summed E-state index contributed by atoms with van der Waals surface area (Å²) in [6.45, 7) is 2.82. The lowest BCUT2D eigenvalue weighted by atomic mass is 10.1. The van der Waals surface area contributed by atoms with E-state index in [1.165, 1.54) is 0 Å². The van der Waals surface area contributed by atoms with Crippen LogP contribution in [0.1, 0.15) is 25.0 Å². The van der Waals surface area contributed by atoms with E-state index in [9.17, 15) is 9.90 Å². The molecule has 1 fully saturated rings. The predicted molar refractivity (Wildman–Crippen MR) is 70.7 cm³/mol. The second-order valence-electron chi connectivity index (χ2n) is 5.34. The summed E-state index contributed by atoms with van der Waals surface area (Å²) in [4.78, 5) is 13.7. The molecule has 0 saturated heterocycles. The molecule has 19 heavy (non-hydrogen) atoms. The Bertz CT molecular complexity index is 433. The first-order valence-electron chi connectivity index (χ1n) is 6.64. The molecule has 6 nitrogen and oxygen atoms in total. The molecule has 0 radical (unpaired) electrons. The number of anilines is 1. The van der Waals surface area contributed by atoms with Crippen molar-refractivity contribution in [1.29, 1.82) is 0 Å². The average Bonchev–Trinajstić information content (AvgIpc) is 2.89. The summed E-state index contributed by atoms with van der Waals surface area (Å²) >= 11 is 0. The molecule has 1 aromatic heterocycles. The van der Waals surface area contributed by atoms with E-state index in [0.29, 0.717) is 5.88 Å². The van der Waals surface area contributed by atoms with Crippen LogP contribution in [0, 0.1) is 12.8 Å². The van der Waals surface area contributed by atoms with Crippen molar-refractivity contribution in [3.8, 4) is 0 Å². The van der Waals surface area contributed by atoms with Crippen LogP contribution in [-0.4, -0.2) is 47.3 Å². The monoisotopic (exact) mass is 267 g/mol. The average molecular weight is 267 g/mol. The lowest BCUT2D eigenvalue weighted by Gasteiger charge is -2.22. The summed E-state index contributed by atoms with van der Waals surface area (Å²) in [7, 11) is 1.89. The first-order valence-corrected chi connectivity index (χ1v) is 6.64. The molecule has 0 aliphatic heterocycles. The van der Waals surface area contributed by atoms with Crippen LogP contribution in [0.3, 0.4) is 0 Å². The van der Waals surface area contributed by atoms with Crippen LogP contribution < -0.4 is 5.32 Å². The zero-order chi connectivity index (χ0) is 13.8. The van der Waals surface area contributed by atoms with Crippen LogP contribution in [0.15, 0.2) is 10.6 Å². The normalized spacial score (nSPS) is 22.9. The van der Waals surface area contributed by atoms with E-state index in [1.807, 2.05) is 11.9 Å². The van der Waals surface area contributed by atoms with E-state index in [1.54, 1.807) is 13.0 Å². The van der Waals surface area contributed by atoms with Gasteiger partial charge in [0, 0.05) is 12.6 Å². The van der Waals surface area contributed by atoms with Crippen LogP contribution in [0.4, 0.5) is 5.88 Å². The minimum Gasteiger partial charge on any atom is -0.393 e. The fourth-order valence-corrected chi connectivity index (χ4v) is 2.54. The number of rotatable bonds is 5. The Morgan fingerprint density at radius 3 is 3.00 bits per heavy atom. The van der Waals surface area contributed by atoms with Gasteiger partial charge in [0.15, 0.2) is 0 Å². The third-order valence-electron chi connectivity index (χ3n) is 3.47. The Balaban J connectivity index is 1.75. The Morgan fingerprint density at radius 1 is 1.63 bits per heavy atom. The number of aliphatic hydroxyl groups is 1. The Hall–Kier alpha value is -1.40. The number of likely N-dealkylation sites (N-methyl/N-ethyl adjacent to an activating group) is 1. The number of carbonyl (C=O) groups is 1. The molecule has 1 amide bonds. The Labute approximate surface area is 112 Å². The maximum atomic E-state index is 11.8. The lowest BCUT2D eigenvalue weighted by Crippen LogP contribution is -2.35. The fraction of sp³-hybridized carbons (Fsp3) is 0.692. The summed E-state index contributed by atoms with van der Waals surface area (Å²) in [6, 6.07) is 1.68. The molecule has 2 rings (SSSR count). The smallest absolute Gasteiger partial charge is 0.240 e. The number of hydrogen-bond acceptors (Lipinski definition) is 5.